The number of furan rings is 1. The van der Waals surface area contributed by atoms with Crippen LogP contribution < -0.4 is 4.90 Å². The summed E-state index contributed by atoms with van der Waals surface area (Å²) in [6.07, 6.45) is 0. The molecule has 0 N–H and O–H groups in total. The van der Waals surface area contributed by atoms with Gasteiger partial charge in [-0.2, -0.15) is 0 Å². The van der Waals surface area contributed by atoms with Crippen molar-refractivity contribution in [2.45, 2.75) is 0 Å². The molecular weight excluding hydrogens is 681 g/mol. The maximum atomic E-state index is 6.77. The third-order valence-corrected chi connectivity index (χ3v) is 11.5. The number of aromatic nitrogens is 1. The molecule has 0 saturated carbocycles. The number of fused-ring (bicyclic) bond motifs is 8. The zero-order chi connectivity index (χ0) is 35.6. The Hall–Kier alpha value is -6.95. The predicted molar refractivity (Wildman–Crippen MR) is 225 cm³/mol. The molecule has 0 fully saturated rings. The molecule has 3 aromatic heterocycles. The fourth-order valence-corrected chi connectivity index (χ4v) is 8.99. The highest BCUT2D eigenvalue weighted by Crippen LogP contribution is 2.47. The third kappa shape index (κ3) is 4.94. The molecule has 0 atom stereocenters. The number of nitrogens with zero attached hydrogens (tertiary/aromatic N) is 2. The maximum absolute atomic E-state index is 6.77. The molecule has 0 bridgehead atoms. The standard InChI is InChI=1S/C49H30N2O2S/c1-3-12-31(13-4-1)32-22-26-35(27-23-32)51(36-28-24-33(25-29-36)37-18-11-19-39-38-16-8-10-21-44(38)54-48(37)39)42-30-41-46(53-49(50-41)34-14-5-2-6-15-34)45-40-17-7-9-20-43(40)52-47(42)45/h1-30H. The van der Waals surface area contributed by atoms with Gasteiger partial charge in [0.15, 0.2) is 11.2 Å². The highest BCUT2D eigenvalue weighted by molar-refractivity contribution is 7.26. The van der Waals surface area contributed by atoms with Gasteiger partial charge in [0.05, 0.1) is 11.1 Å². The van der Waals surface area contributed by atoms with Gasteiger partial charge in [0.1, 0.15) is 11.1 Å². The first-order valence-corrected chi connectivity index (χ1v) is 18.8. The first kappa shape index (κ1) is 30.7. The van der Waals surface area contributed by atoms with Gasteiger partial charge < -0.3 is 13.7 Å². The van der Waals surface area contributed by atoms with Crippen LogP contribution in [0.5, 0.6) is 0 Å². The van der Waals surface area contributed by atoms with Gasteiger partial charge in [-0.05, 0) is 76.9 Å². The normalized spacial score (nSPS) is 11.7. The molecule has 0 aliphatic rings. The van der Waals surface area contributed by atoms with Crippen molar-refractivity contribution < 1.29 is 8.83 Å². The van der Waals surface area contributed by atoms with Gasteiger partial charge in [-0.25, -0.2) is 4.98 Å². The topological polar surface area (TPSA) is 42.4 Å². The number of benzene rings is 8. The highest BCUT2D eigenvalue weighted by Gasteiger charge is 2.25. The second-order valence-electron chi connectivity index (χ2n) is 13.5. The van der Waals surface area contributed by atoms with E-state index in [9.17, 15) is 0 Å². The summed E-state index contributed by atoms with van der Waals surface area (Å²) in [5.41, 5.74) is 11.6. The smallest absolute Gasteiger partial charge is 0.227 e. The van der Waals surface area contributed by atoms with Gasteiger partial charge >= 0.3 is 0 Å². The van der Waals surface area contributed by atoms with E-state index < -0.39 is 0 Å². The van der Waals surface area contributed by atoms with E-state index in [0.717, 1.165) is 55.6 Å². The summed E-state index contributed by atoms with van der Waals surface area (Å²) in [4.78, 5) is 7.35. The molecule has 0 amide bonds. The van der Waals surface area contributed by atoms with E-state index >= 15 is 0 Å². The second kappa shape index (κ2) is 12.3. The van der Waals surface area contributed by atoms with Crippen molar-refractivity contribution in [3.05, 3.63) is 182 Å². The van der Waals surface area contributed by atoms with Crippen molar-refractivity contribution in [2.75, 3.05) is 4.90 Å². The molecule has 11 rings (SSSR count). The molecule has 0 saturated heterocycles. The lowest BCUT2D eigenvalue weighted by Crippen LogP contribution is -2.10. The molecule has 54 heavy (non-hydrogen) atoms. The number of anilines is 3. The molecule has 8 aromatic carbocycles. The summed E-state index contributed by atoms with van der Waals surface area (Å²) in [5.74, 6) is 0.577. The third-order valence-electron chi connectivity index (χ3n) is 10.3. The van der Waals surface area contributed by atoms with Crippen LogP contribution in [0.3, 0.4) is 0 Å². The van der Waals surface area contributed by atoms with Crippen molar-refractivity contribution in [1.29, 1.82) is 0 Å². The number of para-hydroxylation sites is 1. The average Bonchev–Trinajstić information content (AvgIpc) is 3.96. The second-order valence-corrected chi connectivity index (χ2v) is 14.6. The van der Waals surface area contributed by atoms with Crippen LogP contribution in [0.15, 0.2) is 191 Å². The van der Waals surface area contributed by atoms with E-state index in [4.69, 9.17) is 13.8 Å². The summed E-state index contributed by atoms with van der Waals surface area (Å²) >= 11 is 1.85. The van der Waals surface area contributed by atoms with Crippen LogP contribution in [0.4, 0.5) is 17.1 Å². The summed E-state index contributed by atoms with van der Waals surface area (Å²) in [6, 6.07) is 63.7. The quantitative estimate of drug-likeness (QED) is 0.172. The Morgan fingerprint density at radius 2 is 1.07 bits per heavy atom. The van der Waals surface area contributed by atoms with Crippen LogP contribution in [0.25, 0.3) is 86.9 Å². The maximum Gasteiger partial charge on any atom is 0.227 e. The predicted octanol–water partition coefficient (Wildman–Crippen LogP) is 14.6. The van der Waals surface area contributed by atoms with Crippen LogP contribution in [-0.4, -0.2) is 4.98 Å². The first-order valence-electron chi connectivity index (χ1n) is 18.0. The Morgan fingerprint density at radius 3 is 1.83 bits per heavy atom. The van der Waals surface area contributed by atoms with Crippen LogP contribution in [0, 0.1) is 0 Å². The lowest BCUT2D eigenvalue weighted by Gasteiger charge is -2.26. The van der Waals surface area contributed by atoms with E-state index in [2.05, 4.69) is 132 Å². The lowest BCUT2D eigenvalue weighted by atomic mass is 10.0. The van der Waals surface area contributed by atoms with Gasteiger partial charge in [-0.15, -0.1) is 11.3 Å². The molecular formula is C49H30N2O2S. The SMILES string of the molecule is c1ccc(-c2ccc(N(c3ccc(-c4cccc5c4sc4ccccc45)cc3)c3cc4nc(-c5ccccc5)oc4c4c3oc3ccccc34)cc2)cc1. The van der Waals surface area contributed by atoms with Crippen LogP contribution in [-0.2, 0) is 0 Å². The molecule has 11 aromatic rings. The minimum absolute atomic E-state index is 0.577. The summed E-state index contributed by atoms with van der Waals surface area (Å²) in [7, 11) is 0. The Labute approximate surface area is 314 Å². The van der Waals surface area contributed by atoms with Gasteiger partial charge in [0, 0.05) is 42.5 Å². The Bertz CT molecular complexity index is 3140. The fourth-order valence-electron chi connectivity index (χ4n) is 7.75. The number of rotatable bonds is 6. The zero-order valence-corrected chi connectivity index (χ0v) is 29.8. The van der Waals surface area contributed by atoms with Gasteiger partial charge in [0.25, 0.3) is 0 Å². The molecule has 0 aliphatic carbocycles. The fraction of sp³-hybridized carbons (Fsp3) is 0. The minimum atomic E-state index is 0.577. The average molecular weight is 711 g/mol. The number of thiophene rings is 1. The zero-order valence-electron chi connectivity index (χ0n) is 28.9. The highest BCUT2D eigenvalue weighted by atomic mass is 32.1. The summed E-state index contributed by atoms with van der Waals surface area (Å²) in [5, 5.41) is 4.49. The van der Waals surface area contributed by atoms with E-state index in [0.29, 0.717) is 11.5 Å². The van der Waals surface area contributed by atoms with E-state index in [1.165, 1.54) is 36.9 Å². The monoisotopic (exact) mass is 710 g/mol. The van der Waals surface area contributed by atoms with E-state index in [1.54, 1.807) is 0 Å². The van der Waals surface area contributed by atoms with Crippen molar-refractivity contribution in [3.63, 3.8) is 0 Å². The lowest BCUT2D eigenvalue weighted by molar-refractivity contribution is 0.622. The first-order chi connectivity index (χ1) is 26.8. The van der Waals surface area contributed by atoms with Crippen molar-refractivity contribution in [3.8, 4) is 33.7 Å². The molecule has 0 spiro atoms. The minimum Gasteiger partial charge on any atom is -0.454 e. The van der Waals surface area contributed by atoms with Crippen LogP contribution >= 0.6 is 11.3 Å². The van der Waals surface area contributed by atoms with E-state index in [-0.39, 0.29) is 0 Å². The molecule has 3 heterocycles. The molecule has 0 unspecified atom stereocenters. The number of oxazole rings is 1. The Kier molecular flexibility index (Phi) is 7.00. The molecule has 254 valence electrons. The Morgan fingerprint density at radius 1 is 0.463 bits per heavy atom. The summed E-state index contributed by atoms with van der Waals surface area (Å²) in [6.45, 7) is 0. The van der Waals surface area contributed by atoms with Crippen LogP contribution in [0.1, 0.15) is 0 Å². The van der Waals surface area contributed by atoms with Gasteiger partial charge in [0.2, 0.25) is 5.89 Å². The van der Waals surface area contributed by atoms with Crippen molar-refractivity contribution in [2.24, 2.45) is 0 Å². The number of hydrogen-bond acceptors (Lipinski definition) is 5. The van der Waals surface area contributed by atoms with Crippen LogP contribution in [0.2, 0.25) is 0 Å². The van der Waals surface area contributed by atoms with Gasteiger partial charge in [-0.3, -0.25) is 0 Å². The molecule has 4 nitrogen and oxygen atoms in total. The Balaban J connectivity index is 1.12. The van der Waals surface area contributed by atoms with Crippen molar-refractivity contribution >= 4 is 81.6 Å². The molecule has 5 heteroatoms. The van der Waals surface area contributed by atoms with Gasteiger partial charge in [-0.1, -0.05) is 127 Å². The molecule has 0 aliphatic heterocycles. The van der Waals surface area contributed by atoms with Crippen molar-refractivity contribution in [1.82, 2.24) is 4.98 Å². The molecule has 0 radical (unpaired) electrons. The summed E-state index contributed by atoms with van der Waals surface area (Å²) < 4.78 is 15.9. The largest absolute Gasteiger partial charge is 0.454 e. The number of hydrogen-bond donors (Lipinski definition) is 0. The van der Waals surface area contributed by atoms with E-state index in [1.807, 2.05) is 65.9 Å².